The van der Waals surface area contributed by atoms with Crippen LogP contribution in [-0.4, -0.2) is 37.4 Å². The van der Waals surface area contributed by atoms with Gasteiger partial charge in [-0.05, 0) is 46.8 Å². The topological polar surface area (TPSA) is 81.9 Å². The van der Waals surface area contributed by atoms with Gasteiger partial charge in [0.05, 0.1) is 11.4 Å². The number of tetrazole rings is 1. The molecule has 27 heavy (non-hydrogen) atoms. The standard InChI is InChI=1S/C16H12ClF2N5O2S/c17-16(18,19)26-13-8-6-11(7-9-13)20-14(25)10-27-15-21-22-23-24(15)12-4-2-1-3-5-12/h1-9H,10H2,(H,20,25). The number of thioether (sulfide) groups is 1. The molecule has 0 unspecified atom stereocenters. The van der Waals surface area contributed by atoms with Crippen molar-refractivity contribution in [1.82, 2.24) is 20.2 Å². The summed E-state index contributed by atoms with van der Waals surface area (Å²) in [4.78, 5) is 12.1. The van der Waals surface area contributed by atoms with Gasteiger partial charge < -0.3 is 10.1 Å². The predicted molar refractivity (Wildman–Crippen MR) is 96.4 cm³/mol. The summed E-state index contributed by atoms with van der Waals surface area (Å²) in [6.07, 6.45) is 0. The summed E-state index contributed by atoms with van der Waals surface area (Å²) in [6, 6.07) is 14.7. The van der Waals surface area contributed by atoms with Crippen LogP contribution in [0.4, 0.5) is 14.5 Å². The molecule has 0 aliphatic rings. The Morgan fingerprint density at radius 2 is 1.89 bits per heavy atom. The summed E-state index contributed by atoms with van der Waals surface area (Å²) in [5.74, 6) is -0.367. The van der Waals surface area contributed by atoms with E-state index in [2.05, 4.69) is 25.6 Å². The van der Waals surface area contributed by atoms with E-state index in [-0.39, 0.29) is 17.4 Å². The number of carbonyl (C=O) groups excluding carboxylic acids is 1. The monoisotopic (exact) mass is 411 g/mol. The lowest BCUT2D eigenvalue weighted by molar-refractivity contribution is -0.113. The number of benzene rings is 2. The third-order valence-electron chi connectivity index (χ3n) is 3.15. The van der Waals surface area contributed by atoms with Crippen molar-refractivity contribution in [3.05, 3.63) is 54.6 Å². The summed E-state index contributed by atoms with van der Waals surface area (Å²) in [6.45, 7) is 0. The zero-order chi connectivity index (χ0) is 19.3. The van der Waals surface area contributed by atoms with E-state index in [0.29, 0.717) is 10.8 Å². The second-order valence-corrected chi connectivity index (χ2v) is 6.50. The molecular weight excluding hydrogens is 400 g/mol. The Morgan fingerprint density at radius 1 is 1.19 bits per heavy atom. The lowest BCUT2D eigenvalue weighted by Gasteiger charge is -2.11. The molecule has 1 heterocycles. The fourth-order valence-corrected chi connectivity index (χ4v) is 2.85. The van der Waals surface area contributed by atoms with Gasteiger partial charge in [0.2, 0.25) is 11.1 Å². The first kappa shape index (κ1) is 19.1. The zero-order valence-corrected chi connectivity index (χ0v) is 15.1. The van der Waals surface area contributed by atoms with Gasteiger partial charge in [0.15, 0.2) is 0 Å². The first-order valence-corrected chi connectivity index (χ1v) is 8.89. The van der Waals surface area contributed by atoms with E-state index in [1.807, 2.05) is 30.3 Å². The third-order valence-corrected chi connectivity index (χ3v) is 4.14. The van der Waals surface area contributed by atoms with Gasteiger partial charge in [0.1, 0.15) is 5.75 Å². The maximum Gasteiger partial charge on any atom is 0.487 e. The number of anilines is 1. The molecule has 0 bridgehead atoms. The highest BCUT2D eigenvalue weighted by atomic mass is 35.5. The molecule has 0 atom stereocenters. The number of ether oxygens (including phenoxy) is 1. The van der Waals surface area contributed by atoms with Crippen LogP contribution in [0.25, 0.3) is 5.69 Å². The Hall–Kier alpha value is -2.72. The van der Waals surface area contributed by atoms with Gasteiger partial charge in [-0.3, -0.25) is 4.79 Å². The van der Waals surface area contributed by atoms with Crippen LogP contribution in [0.2, 0.25) is 0 Å². The van der Waals surface area contributed by atoms with E-state index in [9.17, 15) is 13.6 Å². The minimum absolute atomic E-state index is 0.0607. The van der Waals surface area contributed by atoms with Crippen molar-refractivity contribution in [2.75, 3.05) is 11.1 Å². The number of carbonyl (C=O) groups is 1. The highest BCUT2D eigenvalue weighted by Crippen LogP contribution is 2.26. The number of halogens is 3. The Morgan fingerprint density at radius 3 is 2.56 bits per heavy atom. The number of nitrogens with one attached hydrogen (secondary N) is 1. The van der Waals surface area contributed by atoms with Crippen LogP contribution in [0.15, 0.2) is 59.8 Å². The molecule has 0 aliphatic heterocycles. The van der Waals surface area contributed by atoms with E-state index in [0.717, 1.165) is 17.4 Å². The Kier molecular flexibility index (Phi) is 5.87. The van der Waals surface area contributed by atoms with Crippen molar-refractivity contribution in [2.24, 2.45) is 0 Å². The molecule has 3 aromatic rings. The highest BCUT2D eigenvalue weighted by Gasteiger charge is 2.27. The molecule has 1 aromatic heterocycles. The quantitative estimate of drug-likeness (QED) is 0.473. The van der Waals surface area contributed by atoms with Crippen LogP contribution in [0, 0.1) is 0 Å². The number of hydrogen-bond donors (Lipinski definition) is 1. The average molecular weight is 412 g/mol. The number of alkyl halides is 3. The second kappa shape index (κ2) is 8.31. The summed E-state index contributed by atoms with van der Waals surface area (Å²) < 4.78 is 30.9. The number of nitrogens with zero attached hydrogens (tertiary/aromatic N) is 4. The van der Waals surface area contributed by atoms with Gasteiger partial charge in [0, 0.05) is 17.3 Å². The molecule has 3 rings (SSSR count). The summed E-state index contributed by atoms with van der Waals surface area (Å²) in [5.41, 5.74) is -2.59. The summed E-state index contributed by atoms with van der Waals surface area (Å²) in [7, 11) is 0. The first-order chi connectivity index (χ1) is 12.9. The molecular formula is C16H12ClF2N5O2S. The zero-order valence-electron chi connectivity index (χ0n) is 13.6. The van der Waals surface area contributed by atoms with Crippen molar-refractivity contribution >= 4 is 35.0 Å². The van der Waals surface area contributed by atoms with Crippen LogP contribution in [-0.2, 0) is 4.79 Å². The van der Waals surface area contributed by atoms with Crippen molar-refractivity contribution in [1.29, 1.82) is 0 Å². The molecule has 0 fully saturated rings. The smallest absolute Gasteiger partial charge is 0.420 e. The van der Waals surface area contributed by atoms with Crippen LogP contribution in [0.1, 0.15) is 0 Å². The molecule has 0 radical (unpaired) electrons. The van der Waals surface area contributed by atoms with E-state index in [1.54, 1.807) is 0 Å². The number of rotatable bonds is 7. The number of amides is 1. The van der Waals surface area contributed by atoms with E-state index < -0.39 is 5.57 Å². The van der Waals surface area contributed by atoms with E-state index >= 15 is 0 Å². The fourth-order valence-electron chi connectivity index (χ4n) is 2.07. The van der Waals surface area contributed by atoms with Gasteiger partial charge in [-0.25, -0.2) is 0 Å². The normalized spacial score (nSPS) is 11.2. The molecule has 0 spiro atoms. The van der Waals surface area contributed by atoms with E-state index in [4.69, 9.17) is 11.6 Å². The minimum Gasteiger partial charge on any atom is -0.420 e. The Bertz CT molecular complexity index is 903. The third kappa shape index (κ3) is 5.63. The molecule has 0 aliphatic carbocycles. The van der Waals surface area contributed by atoms with Crippen LogP contribution >= 0.6 is 23.4 Å². The molecule has 11 heteroatoms. The number of para-hydroxylation sites is 1. The molecule has 0 saturated heterocycles. The van der Waals surface area contributed by atoms with Crippen LogP contribution < -0.4 is 10.1 Å². The fraction of sp³-hybridized carbons (Fsp3) is 0.125. The van der Waals surface area contributed by atoms with Gasteiger partial charge in [0.25, 0.3) is 0 Å². The SMILES string of the molecule is O=C(CSc1nnnn1-c1ccccc1)Nc1ccc(OC(F)(F)Cl)cc1. The van der Waals surface area contributed by atoms with Crippen molar-refractivity contribution < 1.29 is 18.3 Å². The molecule has 1 N–H and O–H groups in total. The largest absolute Gasteiger partial charge is 0.487 e. The molecule has 0 saturated carbocycles. The van der Waals surface area contributed by atoms with E-state index in [1.165, 1.54) is 28.9 Å². The molecule has 140 valence electrons. The van der Waals surface area contributed by atoms with Crippen molar-refractivity contribution in [3.8, 4) is 11.4 Å². The molecule has 7 nitrogen and oxygen atoms in total. The van der Waals surface area contributed by atoms with Crippen molar-refractivity contribution in [3.63, 3.8) is 0 Å². The second-order valence-electron chi connectivity index (χ2n) is 5.12. The van der Waals surface area contributed by atoms with Crippen molar-refractivity contribution in [2.45, 2.75) is 10.7 Å². The predicted octanol–water partition coefficient (Wildman–Crippen LogP) is 3.56. The van der Waals surface area contributed by atoms with Crippen LogP contribution in [0.3, 0.4) is 0 Å². The lowest BCUT2D eigenvalue weighted by Crippen LogP contribution is -2.16. The Balaban J connectivity index is 1.56. The summed E-state index contributed by atoms with van der Waals surface area (Å²) in [5, 5.41) is 14.5. The number of hydrogen-bond acceptors (Lipinski definition) is 6. The minimum atomic E-state index is -3.79. The van der Waals surface area contributed by atoms with Gasteiger partial charge in [-0.15, -0.1) is 13.9 Å². The number of aromatic nitrogens is 4. The van der Waals surface area contributed by atoms with Gasteiger partial charge in [-0.1, -0.05) is 30.0 Å². The average Bonchev–Trinajstić information content (AvgIpc) is 3.10. The maximum atomic E-state index is 12.6. The molecule has 1 amide bonds. The maximum absolute atomic E-state index is 12.6. The summed E-state index contributed by atoms with van der Waals surface area (Å²) >= 11 is 5.85. The lowest BCUT2D eigenvalue weighted by atomic mass is 10.3. The Labute approximate surface area is 161 Å². The first-order valence-electron chi connectivity index (χ1n) is 7.53. The van der Waals surface area contributed by atoms with Gasteiger partial charge >= 0.3 is 5.57 Å². The highest BCUT2D eigenvalue weighted by molar-refractivity contribution is 7.99. The molecule has 2 aromatic carbocycles. The van der Waals surface area contributed by atoms with Gasteiger partial charge in [-0.2, -0.15) is 4.68 Å². The van der Waals surface area contributed by atoms with Crippen LogP contribution in [0.5, 0.6) is 5.75 Å².